The van der Waals surface area contributed by atoms with E-state index in [-0.39, 0.29) is 12.1 Å². The number of piperidine rings is 1. The quantitative estimate of drug-likeness (QED) is 0.902. The average Bonchev–Trinajstić information content (AvgIpc) is 2.47. The predicted octanol–water partition coefficient (Wildman–Crippen LogP) is 3.61. The van der Waals surface area contributed by atoms with Gasteiger partial charge in [0.2, 0.25) is 0 Å². The predicted molar refractivity (Wildman–Crippen MR) is 93.6 cm³/mol. The standard InChI is InChI=1S/C19H30N2O2/c1-19(2,3)23-18(22)20-17(14-16-10-6-4-7-11-16)15-21-12-8-5-9-13-21/h4,6-7,10-11,17H,5,8-9,12-15H2,1-3H3,(H,20,22)/t17-/m0/s1. The largest absolute Gasteiger partial charge is 0.444 e. The number of amides is 1. The molecule has 1 heterocycles. The summed E-state index contributed by atoms with van der Waals surface area (Å²) in [4.78, 5) is 14.6. The average molecular weight is 318 g/mol. The third-order valence-electron chi connectivity index (χ3n) is 3.97. The van der Waals surface area contributed by atoms with Crippen molar-refractivity contribution in [2.24, 2.45) is 0 Å². The maximum Gasteiger partial charge on any atom is 0.407 e. The molecule has 0 aliphatic carbocycles. The molecule has 0 radical (unpaired) electrons. The molecule has 4 heteroatoms. The Morgan fingerprint density at radius 3 is 2.43 bits per heavy atom. The Morgan fingerprint density at radius 2 is 1.83 bits per heavy atom. The Labute approximate surface area is 140 Å². The molecule has 1 N–H and O–H groups in total. The molecule has 0 saturated carbocycles. The van der Waals surface area contributed by atoms with Gasteiger partial charge in [-0.1, -0.05) is 36.8 Å². The lowest BCUT2D eigenvalue weighted by molar-refractivity contribution is 0.0488. The van der Waals surface area contributed by atoms with E-state index in [1.165, 1.54) is 24.8 Å². The van der Waals surface area contributed by atoms with Gasteiger partial charge in [0.15, 0.2) is 0 Å². The van der Waals surface area contributed by atoms with Crippen LogP contribution in [0, 0.1) is 0 Å². The van der Waals surface area contributed by atoms with Gasteiger partial charge in [0.25, 0.3) is 0 Å². The second-order valence-electron chi connectivity index (χ2n) is 7.39. The van der Waals surface area contributed by atoms with Crippen LogP contribution in [0.2, 0.25) is 0 Å². The molecule has 1 aliphatic rings. The fraction of sp³-hybridized carbons (Fsp3) is 0.632. The van der Waals surface area contributed by atoms with Gasteiger partial charge in [-0.05, 0) is 58.7 Å². The molecular weight excluding hydrogens is 288 g/mol. The van der Waals surface area contributed by atoms with E-state index in [4.69, 9.17) is 4.74 Å². The van der Waals surface area contributed by atoms with E-state index in [0.717, 1.165) is 26.1 Å². The summed E-state index contributed by atoms with van der Waals surface area (Å²) < 4.78 is 5.43. The third-order valence-corrected chi connectivity index (χ3v) is 3.97. The van der Waals surface area contributed by atoms with Gasteiger partial charge < -0.3 is 15.0 Å². The van der Waals surface area contributed by atoms with Crippen LogP contribution in [0.5, 0.6) is 0 Å². The summed E-state index contributed by atoms with van der Waals surface area (Å²) in [5.74, 6) is 0. The zero-order chi connectivity index (χ0) is 16.7. The molecule has 1 saturated heterocycles. The Balaban J connectivity index is 1.96. The van der Waals surface area contributed by atoms with Crippen molar-refractivity contribution in [1.29, 1.82) is 0 Å². The molecule has 1 aliphatic heterocycles. The maximum atomic E-state index is 12.1. The van der Waals surface area contributed by atoms with Gasteiger partial charge in [-0.25, -0.2) is 4.79 Å². The fourth-order valence-electron chi connectivity index (χ4n) is 2.99. The lowest BCUT2D eigenvalue weighted by Crippen LogP contribution is -2.47. The number of alkyl carbamates (subject to hydrolysis) is 1. The lowest BCUT2D eigenvalue weighted by atomic mass is 10.0. The van der Waals surface area contributed by atoms with Crippen LogP contribution in [-0.2, 0) is 11.2 Å². The number of likely N-dealkylation sites (tertiary alicyclic amines) is 1. The minimum absolute atomic E-state index is 0.0744. The van der Waals surface area contributed by atoms with Crippen LogP contribution in [0.3, 0.4) is 0 Å². The van der Waals surface area contributed by atoms with E-state index in [9.17, 15) is 4.79 Å². The highest BCUT2D eigenvalue weighted by atomic mass is 16.6. The van der Waals surface area contributed by atoms with Crippen molar-refractivity contribution in [3.63, 3.8) is 0 Å². The first-order valence-corrected chi connectivity index (χ1v) is 8.68. The van der Waals surface area contributed by atoms with Crippen molar-refractivity contribution in [3.05, 3.63) is 35.9 Å². The van der Waals surface area contributed by atoms with Crippen LogP contribution in [0.15, 0.2) is 30.3 Å². The van der Waals surface area contributed by atoms with Gasteiger partial charge in [0, 0.05) is 12.6 Å². The SMILES string of the molecule is CC(C)(C)OC(=O)N[C@@H](Cc1ccccc1)CN1CCCCC1. The van der Waals surface area contributed by atoms with Crippen molar-refractivity contribution in [2.75, 3.05) is 19.6 Å². The van der Waals surface area contributed by atoms with E-state index in [1.54, 1.807) is 0 Å². The Bertz CT molecular complexity index is 476. The third kappa shape index (κ3) is 7.04. The van der Waals surface area contributed by atoms with Crippen molar-refractivity contribution < 1.29 is 9.53 Å². The molecule has 1 fully saturated rings. The Kier molecular flexibility index (Phi) is 6.46. The molecule has 1 atom stereocenters. The van der Waals surface area contributed by atoms with E-state index in [1.807, 2.05) is 39.0 Å². The smallest absolute Gasteiger partial charge is 0.407 e. The normalized spacial score (nSPS) is 17.5. The first-order chi connectivity index (χ1) is 10.9. The highest BCUT2D eigenvalue weighted by Gasteiger charge is 2.22. The summed E-state index contributed by atoms with van der Waals surface area (Å²) in [6.07, 6.45) is 4.33. The van der Waals surface area contributed by atoms with E-state index in [2.05, 4.69) is 22.3 Å². The second kappa shape index (κ2) is 8.34. The van der Waals surface area contributed by atoms with E-state index < -0.39 is 5.60 Å². The molecule has 1 aromatic rings. The molecule has 2 rings (SSSR count). The first-order valence-electron chi connectivity index (χ1n) is 8.68. The first kappa shape index (κ1) is 17.8. The van der Waals surface area contributed by atoms with Crippen molar-refractivity contribution in [1.82, 2.24) is 10.2 Å². The summed E-state index contributed by atoms with van der Waals surface area (Å²) in [6, 6.07) is 10.4. The molecule has 0 bridgehead atoms. The molecule has 128 valence electrons. The van der Waals surface area contributed by atoms with Crippen molar-refractivity contribution in [3.8, 4) is 0 Å². The number of carbonyl (C=O) groups excluding carboxylic acids is 1. The van der Waals surface area contributed by atoms with E-state index >= 15 is 0 Å². The molecule has 23 heavy (non-hydrogen) atoms. The van der Waals surface area contributed by atoms with Crippen LogP contribution >= 0.6 is 0 Å². The zero-order valence-corrected chi connectivity index (χ0v) is 14.7. The van der Waals surface area contributed by atoms with Crippen LogP contribution < -0.4 is 5.32 Å². The topological polar surface area (TPSA) is 41.6 Å². The summed E-state index contributed by atoms with van der Waals surface area (Å²) in [5.41, 5.74) is 0.775. The van der Waals surface area contributed by atoms with E-state index in [0.29, 0.717) is 0 Å². The van der Waals surface area contributed by atoms with Crippen molar-refractivity contribution in [2.45, 2.75) is 58.1 Å². The van der Waals surface area contributed by atoms with Gasteiger partial charge in [-0.15, -0.1) is 0 Å². The number of hydrogen-bond donors (Lipinski definition) is 1. The number of ether oxygens (including phenoxy) is 1. The monoisotopic (exact) mass is 318 g/mol. The minimum atomic E-state index is -0.466. The highest BCUT2D eigenvalue weighted by Crippen LogP contribution is 2.12. The number of nitrogens with zero attached hydrogens (tertiary/aromatic N) is 1. The van der Waals surface area contributed by atoms with Crippen LogP contribution in [0.1, 0.15) is 45.6 Å². The number of nitrogens with one attached hydrogen (secondary N) is 1. The van der Waals surface area contributed by atoms with Crippen LogP contribution in [0.4, 0.5) is 4.79 Å². The summed E-state index contributed by atoms with van der Waals surface area (Å²) in [6.45, 7) is 8.81. The number of rotatable bonds is 5. The lowest BCUT2D eigenvalue weighted by Gasteiger charge is -2.31. The minimum Gasteiger partial charge on any atom is -0.444 e. The van der Waals surface area contributed by atoms with Crippen molar-refractivity contribution >= 4 is 6.09 Å². The van der Waals surface area contributed by atoms with Crippen LogP contribution in [-0.4, -0.2) is 42.3 Å². The number of carbonyl (C=O) groups is 1. The van der Waals surface area contributed by atoms with Gasteiger partial charge in [0.1, 0.15) is 5.60 Å². The molecule has 0 unspecified atom stereocenters. The van der Waals surface area contributed by atoms with Gasteiger partial charge in [-0.3, -0.25) is 0 Å². The second-order valence-corrected chi connectivity index (χ2v) is 7.39. The Hall–Kier alpha value is -1.55. The zero-order valence-electron chi connectivity index (χ0n) is 14.7. The molecule has 4 nitrogen and oxygen atoms in total. The molecule has 1 amide bonds. The summed E-state index contributed by atoms with van der Waals surface area (Å²) in [7, 11) is 0. The maximum absolute atomic E-state index is 12.1. The molecular formula is C19H30N2O2. The van der Waals surface area contributed by atoms with Gasteiger partial charge in [-0.2, -0.15) is 0 Å². The number of benzene rings is 1. The Morgan fingerprint density at radius 1 is 1.17 bits per heavy atom. The number of hydrogen-bond acceptors (Lipinski definition) is 3. The van der Waals surface area contributed by atoms with Gasteiger partial charge >= 0.3 is 6.09 Å². The molecule has 0 aromatic heterocycles. The summed E-state index contributed by atoms with van der Waals surface area (Å²) in [5, 5.41) is 3.07. The fourth-order valence-corrected chi connectivity index (χ4v) is 2.99. The molecule has 0 spiro atoms. The molecule has 1 aromatic carbocycles. The van der Waals surface area contributed by atoms with Gasteiger partial charge in [0.05, 0.1) is 0 Å². The summed E-state index contributed by atoms with van der Waals surface area (Å²) >= 11 is 0. The highest BCUT2D eigenvalue weighted by molar-refractivity contribution is 5.68. The van der Waals surface area contributed by atoms with Crippen LogP contribution in [0.25, 0.3) is 0 Å².